The van der Waals surface area contributed by atoms with Gasteiger partial charge in [0.2, 0.25) is 17.7 Å². The summed E-state index contributed by atoms with van der Waals surface area (Å²) < 4.78 is 11.1. The maximum atomic E-state index is 14.2. The predicted octanol–water partition coefficient (Wildman–Crippen LogP) is 5.63. The first-order valence-corrected chi connectivity index (χ1v) is 19.7. The lowest BCUT2D eigenvalue weighted by Gasteiger charge is -2.35. The van der Waals surface area contributed by atoms with E-state index in [1.54, 1.807) is 52.1 Å². The smallest absolute Gasteiger partial charge is 0.329 e. The number of Topliss-reactive ketones (excluding diaryl/α,β-unsaturated/α-hetero) is 1. The number of nitrogens with zero attached hydrogens (tertiary/aromatic N) is 1. The molecule has 3 N–H and O–H groups in total. The van der Waals surface area contributed by atoms with E-state index in [2.05, 4.69) is 16.0 Å². The largest absolute Gasteiger partial charge is 0.497 e. The number of carbonyl (C=O) groups excluding carboxylic acids is 5. The second-order valence-corrected chi connectivity index (χ2v) is 14.9. The van der Waals surface area contributed by atoms with Gasteiger partial charge in [-0.05, 0) is 61.1 Å². The molecule has 0 unspecified atom stereocenters. The molecule has 0 radical (unpaired) electrons. The summed E-state index contributed by atoms with van der Waals surface area (Å²) in [6.07, 6.45) is 1.94. The van der Waals surface area contributed by atoms with Crippen LogP contribution in [-0.4, -0.2) is 78.7 Å². The molecule has 0 spiro atoms. The zero-order chi connectivity index (χ0) is 40.7. The van der Waals surface area contributed by atoms with Crippen molar-refractivity contribution in [2.45, 2.75) is 83.1 Å². The molecule has 3 amide bonds. The van der Waals surface area contributed by atoms with Crippen molar-refractivity contribution in [2.24, 2.45) is 5.92 Å². The maximum Gasteiger partial charge on any atom is 0.329 e. The van der Waals surface area contributed by atoms with Gasteiger partial charge in [0.05, 0.1) is 19.7 Å². The second kappa shape index (κ2) is 20.9. The molecule has 1 saturated heterocycles. The Morgan fingerprint density at radius 2 is 1.32 bits per heavy atom. The van der Waals surface area contributed by atoms with E-state index < -0.39 is 48.1 Å². The van der Waals surface area contributed by atoms with Gasteiger partial charge in [0.15, 0.2) is 5.78 Å². The Balaban J connectivity index is 1.32. The van der Waals surface area contributed by atoms with E-state index in [1.165, 1.54) is 0 Å². The third kappa shape index (κ3) is 12.3. The molecule has 0 aliphatic carbocycles. The van der Waals surface area contributed by atoms with E-state index in [-0.39, 0.29) is 37.0 Å². The van der Waals surface area contributed by atoms with Crippen LogP contribution < -0.4 is 20.7 Å². The van der Waals surface area contributed by atoms with Gasteiger partial charge in [0.1, 0.15) is 30.0 Å². The molecule has 5 rings (SSSR count). The molecule has 4 aromatic carbocycles. The Labute approximate surface area is 335 Å². The van der Waals surface area contributed by atoms with Gasteiger partial charge in [-0.3, -0.25) is 24.1 Å². The Kier molecular flexibility index (Phi) is 15.5. The number of carbonyl (C=O) groups is 5. The van der Waals surface area contributed by atoms with Gasteiger partial charge in [0.25, 0.3) is 0 Å². The van der Waals surface area contributed by atoms with Crippen molar-refractivity contribution in [3.05, 3.63) is 138 Å². The summed E-state index contributed by atoms with van der Waals surface area (Å²) in [5.74, 6) is -2.02. The number of ether oxygens (including phenoxy) is 2. The number of esters is 1. The van der Waals surface area contributed by atoms with Crippen LogP contribution in [0.3, 0.4) is 0 Å². The molecule has 0 saturated carbocycles. The average Bonchev–Trinajstić information content (AvgIpc) is 3.23. The van der Waals surface area contributed by atoms with E-state index in [0.717, 1.165) is 29.5 Å². The molecule has 0 bridgehead atoms. The molecule has 57 heavy (non-hydrogen) atoms. The minimum atomic E-state index is -1.04. The number of nitrogens with one attached hydrogen (secondary N) is 3. The first-order valence-electron chi connectivity index (χ1n) is 19.7. The molecule has 5 atom stereocenters. The van der Waals surface area contributed by atoms with Crippen molar-refractivity contribution >= 4 is 29.5 Å². The van der Waals surface area contributed by atoms with Crippen LogP contribution >= 0.6 is 0 Å². The van der Waals surface area contributed by atoms with Gasteiger partial charge in [-0.25, -0.2) is 4.79 Å². The van der Waals surface area contributed by atoms with Crippen molar-refractivity contribution in [3.63, 3.8) is 0 Å². The number of amides is 3. The van der Waals surface area contributed by atoms with Gasteiger partial charge >= 0.3 is 5.97 Å². The summed E-state index contributed by atoms with van der Waals surface area (Å²) >= 11 is 0. The summed E-state index contributed by atoms with van der Waals surface area (Å²) in [6.45, 7) is 5.97. The van der Waals surface area contributed by atoms with Gasteiger partial charge < -0.3 is 25.4 Å². The van der Waals surface area contributed by atoms with Crippen molar-refractivity contribution in [1.29, 1.82) is 0 Å². The molecule has 1 heterocycles. The van der Waals surface area contributed by atoms with Crippen LogP contribution in [0.5, 0.6) is 5.75 Å². The highest BCUT2D eigenvalue weighted by Gasteiger charge is 2.36. The fraction of sp³-hybridized carbons (Fsp3) is 0.370. The van der Waals surface area contributed by atoms with Gasteiger partial charge in [-0.15, -0.1) is 0 Å². The zero-order valence-electron chi connectivity index (χ0n) is 33.2. The summed E-state index contributed by atoms with van der Waals surface area (Å²) in [6, 6.07) is 31.2. The van der Waals surface area contributed by atoms with E-state index in [1.807, 2.05) is 95.9 Å². The summed E-state index contributed by atoms with van der Waals surface area (Å²) in [7, 11) is 1.54. The number of hydrogen-bond acceptors (Lipinski definition) is 8. The summed E-state index contributed by atoms with van der Waals surface area (Å²) in [5, 5.41) is 8.75. The third-order valence-corrected chi connectivity index (χ3v) is 10.3. The number of hydrogen-bond donors (Lipinski definition) is 3. The highest BCUT2D eigenvalue weighted by atomic mass is 16.5. The molecule has 300 valence electrons. The molecule has 1 aliphatic heterocycles. The van der Waals surface area contributed by atoms with Crippen LogP contribution in [0, 0.1) is 5.92 Å². The number of piperidine rings is 1. The van der Waals surface area contributed by atoms with Gasteiger partial charge in [-0.1, -0.05) is 123 Å². The summed E-state index contributed by atoms with van der Waals surface area (Å²) in [4.78, 5) is 71.2. The Hall–Kier alpha value is -5.81. The second-order valence-electron chi connectivity index (χ2n) is 14.9. The van der Waals surface area contributed by atoms with E-state index >= 15 is 0 Å². The van der Waals surface area contributed by atoms with E-state index in [0.29, 0.717) is 24.3 Å². The Morgan fingerprint density at radius 3 is 1.93 bits per heavy atom. The molecule has 1 aliphatic rings. The quantitative estimate of drug-likeness (QED) is 0.0873. The fourth-order valence-corrected chi connectivity index (χ4v) is 7.02. The maximum absolute atomic E-state index is 14.2. The Bertz CT molecular complexity index is 1940. The van der Waals surface area contributed by atoms with Gasteiger partial charge in [0, 0.05) is 18.4 Å². The lowest BCUT2D eigenvalue weighted by molar-refractivity contribution is -0.153. The van der Waals surface area contributed by atoms with Crippen LogP contribution in [0.1, 0.15) is 73.2 Å². The van der Waals surface area contributed by atoms with Crippen molar-refractivity contribution in [2.75, 3.05) is 20.2 Å². The van der Waals surface area contributed by atoms with Crippen LogP contribution in [0.2, 0.25) is 0 Å². The molecule has 0 aromatic heterocycles. The van der Waals surface area contributed by atoms with Crippen LogP contribution in [0.4, 0.5) is 0 Å². The number of likely N-dealkylation sites (tertiary alicyclic amines) is 1. The molecule has 1 fully saturated rings. The fourth-order valence-electron chi connectivity index (χ4n) is 7.02. The highest BCUT2D eigenvalue weighted by molar-refractivity contribution is 5.99. The SMILES string of the molecule is COc1cccc(C(=O)CN2CCCC[C@H]2C(=O)N[C@@H](Cc2ccccc2)C(=O)N[C@H](C(=O)N[C@@H](Cc2ccccc2)C(=O)O[C@@H](C)c2ccccc2)C(C)C)c1. The standard InChI is InChI=1S/C46H54N4O7/c1-31(2)42(45(54)48-39(28-34-19-10-6-11-20-34)46(55)57-32(3)35-21-12-7-13-22-35)49-43(52)38(27-33-17-8-5-9-18-33)47-44(53)40-25-14-15-26-50(40)30-41(51)36-23-16-24-37(29-36)56-4/h5-13,16-24,29,31-32,38-40,42H,14-15,25-28,30H2,1-4H3,(H,47,53)(H,48,54)(H,49,52)/t32-,38-,39-,40-,42-/m0/s1. The molecule has 4 aromatic rings. The van der Waals surface area contributed by atoms with Crippen LogP contribution in [-0.2, 0) is 36.8 Å². The van der Waals surface area contributed by atoms with E-state index in [9.17, 15) is 24.0 Å². The first kappa shape index (κ1) is 42.3. The number of rotatable bonds is 18. The van der Waals surface area contributed by atoms with Crippen LogP contribution in [0.15, 0.2) is 115 Å². The predicted molar refractivity (Wildman–Crippen MR) is 218 cm³/mol. The minimum absolute atomic E-state index is 0.0348. The van der Waals surface area contributed by atoms with E-state index in [4.69, 9.17) is 9.47 Å². The first-order chi connectivity index (χ1) is 27.5. The topological polar surface area (TPSA) is 143 Å². The van der Waals surface area contributed by atoms with Crippen molar-refractivity contribution in [1.82, 2.24) is 20.9 Å². The number of benzene rings is 4. The molecular weight excluding hydrogens is 721 g/mol. The monoisotopic (exact) mass is 774 g/mol. The molecule has 11 heteroatoms. The zero-order valence-corrected chi connectivity index (χ0v) is 33.2. The van der Waals surface area contributed by atoms with Crippen molar-refractivity contribution < 1.29 is 33.4 Å². The van der Waals surface area contributed by atoms with Crippen molar-refractivity contribution in [3.8, 4) is 5.75 Å². The number of methoxy groups -OCH3 is 1. The highest BCUT2D eigenvalue weighted by Crippen LogP contribution is 2.21. The lowest BCUT2D eigenvalue weighted by Crippen LogP contribution is -2.60. The van der Waals surface area contributed by atoms with Gasteiger partial charge in [-0.2, -0.15) is 0 Å². The minimum Gasteiger partial charge on any atom is -0.497 e. The lowest BCUT2D eigenvalue weighted by atomic mass is 9.98. The number of ketones is 1. The molecular formula is C46H54N4O7. The summed E-state index contributed by atoms with van der Waals surface area (Å²) in [5.41, 5.74) is 2.94. The third-order valence-electron chi connectivity index (χ3n) is 10.3. The Morgan fingerprint density at radius 1 is 0.702 bits per heavy atom. The normalized spacial score (nSPS) is 16.3. The average molecular weight is 775 g/mol. The van der Waals surface area contributed by atoms with Crippen LogP contribution in [0.25, 0.3) is 0 Å². The molecule has 11 nitrogen and oxygen atoms in total.